The highest BCUT2D eigenvalue weighted by molar-refractivity contribution is 7.09. The highest BCUT2D eigenvalue weighted by atomic mass is 32.1. The van der Waals surface area contributed by atoms with Gasteiger partial charge < -0.3 is 10.6 Å². The average Bonchev–Trinajstić information content (AvgIpc) is 2.86. The van der Waals surface area contributed by atoms with Gasteiger partial charge in [0.15, 0.2) is 0 Å². The van der Waals surface area contributed by atoms with Gasteiger partial charge in [0.25, 0.3) is 0 Å². The van der Waals surface area contributed by atoms with Crippen LogP contribution in [0, 0.1) is 0 Å². The van der Waals surface area contributed by atoms with E-state index in [2.05, 4.69) is 41.3 Å². The van der Waals surface area contributed by atoms with Crippen molar-refractivity contribution >= 4 is 11.3 Å². The Kier molecular flexibility index (Phi) is 6.02. The van der Waals surface area contributed by atoms with Crippen molar-refractivity contribution in [3.8, 4) is 0 Å². The van der Waals surface area contributed by atoms with Gasteiger partial charge in [0.2, 0.25) is 0 Å². The van der Waals surface area contributed by atoms with Crippen molar-refractivity contribution in [2.45, 2.75) is 44.7 Å². The zero-order chi connectivity index (χ0) is 14.4. The van der Waals surface area contributed by atoms with Gasteiger partial charge in [0, 0.05) is 23.5 Å². The van der Waals surface area contributed by atoms with Crippen molar-refractivity contribution in [1.29, 1.82) is 0 Å². The molecule has 0 saturated carbocycles. The first kappa shape index (κ1) is 16.0. The van der Waals surface area contributed by atoms with Gasteiger partial charge in [-0.1, -0.05) is 13.0 Å². The second-order valence-electron chi connectivity index (χ2n) is 6.06. The molecule has 114 valence electrons. The molecular formula is C16H29N3S. The summed E-state index contributed by atoms with van der Waals surface area (Å²) < 4.78 is 0. The van der Waals surface area contributed by atoms with Gasteiger partial charge in [0.05, 0.1) is 0 Å². The Bertz CT molecular complexity index is 379. The monoisotopic (exact) mass is 295 g/mol. The molecule has 1 aliphatic rings. The van der Waals surface area contributed by atoms with E-state index in [1.807, 2.05) is 11.3 Å². The topological polar surface area (TPSA) is 32.5 Å². The molecule has 2 rings (SSSR count). The molecule has 0 aromatic carbocycles. The van der Waals surface area contributed by atoms with Crippen LogP contribution in [0.5, 0.6) is 0 Å². The lowest BCUT2D eigenvalue weighted by Gasteiger charge is -2.40. The molecule has 20 heavy (non-hydrogen) atoms. The number of hydrogen-bond donors (Lipinski definition) is 1. The maximum Gasteiger partial charge on any atom is 0.0345 e. The Morgan fingerprint density at radius 2 is 2.25 bits per heavy atom. The molecule has 3 nitrogen and oxygen atoms in total. The third-order valence-electron chi connectivity index (χ3n) is 4.71. The predicted octanol–water partition coefficient (Wildman–Crippen LogP) is 2.77. The molecule has 0 aliphatic carbocycles. The summed E-state index contributed by atoms with van der Waals surface area (Å²) in [6.07, 6.45) is 4.95. The highest BCUT2D eigenvalue weighted by Gasteiger charge is 2.35. The minimum absolute atomic E-state index is 0.187. The van der Waals surface area contributed by atoms with E-state index in [1.165, 1.54) is 50.2 Å². The lowest BCUT2D eigenvalue weighted by Crippen LogP contribution is -2.52. The molecule has 1 saturated heterocycles. The van der Waals surface area contributed by atoms with Crippen LogP contribution in [-0.4, -0.2) is 48.6 Å². The molecule has 1 fully saturated rings. The number of nitrogens with two attached hydrogens (primary N) is 1. The minimum atomic E-state index is 0.187. The molecule has 0 spiro atoms. The largest absolute Gasteiger partial charge is 0.329 e. The van der Waals surface area contributed by atoms with Gasteiger partial charge in [-0.25, -0.2) is 0 Å². The number of rotatable bonds is 6. The Labute approximate surface area is 127 Å². The number of likely N-dealkylation sites (N-methyl/N-ethyl adjacent to an activating group) is 1. The molecule has 0 bridgehead atoms. The quantitative estimate of drug-likeness (QED) is 0.876. The predicted molar refractivity (Wildman–Crippen MR) is 88.2 cm³/mol. The Balaban J connectivity index is 2.00. The fraction of sp³-hybridized carbons (Fsp3) is 0.750. The lowest BCUT2D eigenvalue weighted by molar-refractivity contribution is 0.100. The van der Waals surface area contributed by atoms with Crippen molar-refractivity contribution in [3.63, 3.8) is 0 Å². The van der Waals surface area contributed by atoms with Crippen LogP contribution in [0.25, 0.3) is 0 Å². The van der Waals surface area contributed by atoms with Crippen LogP contribution in [0.2, 0.25) is 0 Å². The first-order valence-electron chi connectivity index (χ1n) is 7.86. The zero-order valence-corrected chi connectivity index (χ0v) is 13.8. The van der Waals surface area contributed by atoms with E-state index in [-0.39, 0.29) is 5.54 Å². The van der Waals surface area contributed by atoms with E-state index >= 15 is 0 Å². The van der Waals surface area contributed by atoms with Gasteiger partial charge in [-0.3, -0.25) is 4.90 Å². The first-order chi connectivity index (χ1) is 9.70. The smallest absolute Gasteiger partial charge is 0.0345 e. The van der Waals surface area contributed by atoms with Gasteiger partial charge in [0.1, 0.15) is 0 Å². The van der Waals surface area contributed by atoms with E-state index in [0.29, 0.717) is 0 Å². The minimum Gasteiger partial charge on any atom is -0.329 e. The molecular weight excluding hydrogens is 266 g/mol. The molecule has 2 N–H and O–H groups in total. The second-order valence-corrected chi connectivity index (χ2v) is 7.09. The lowest BCUT2D eigenvalue weighted by atomic mass is 9.89. The van der Waals surface area contributed by atoms with Crippen LogP contribution >= 0.6 is 11.3 Å². The third kappa shape index (κ3) is 3.82. The standard InChI is InChI=1S/C16H29N3S/c1-3-9-19-10-5-7-16(14-17,8-11-19)18(2)13-15-6-4-12-20-15/h4,6,12H,3,5,7-11,13-14,17H2,1-2H3. The van der Waals surface area contributed by atoms with Crippen LogP contribution in [-0.2, 0) is 6.54 Å². The summed E-state index contributed by atoms with van der Waals surface area (Å²) in [6.45, 7) is 7.74. The van der Waals surface area contributed by atoms with Crippen LogP contribution in [0.3, 0.4) is 0 Å². The average molecular weight is 295 g/mol. The normalized spacial score (nSPS) is 25.0. The van der Waals surface area contributed by atoms with Crippen LogP contribution in [0.1, 0.15) is 37.5 Å². The Hall–Kier alpha value is -0.420. The van der Waals surface area contributed by atoms with Crippen LogP contribution < -0.4 is 5.73 Å². The molecule has 1 aromatic heterocycles. The van der Waals surface area contributed by atoms with E-state index < -0.39 is 0 Å². The number of likely N-dealkylation sites (tertiary alicyclic amines) is 1. The summed E-state index contributed by atoms with van der Waals surface area (Å²) in [4.78, 5) is 6.56. The number of nitrogens with zero attached hydrogens (tertiary/aromatic N) is 2. The maximum absolute atomic E-state index is 6.20. The Morgan fingerprint density at radius 3 is 2.90 bits per heavy atom. The summed E-state index contributed by atoms with van der Waals surface area (Å²) >= 11 is 1.85. The summed E-state index contributed by atoms with van der Waals surface area (Å²) in [6, 6.07) is 4.37. The van der Waals surface area contributed by atoms with E-state index in [9.17, 15) is 0 Å². The van der Waals surface area contributed by atoms with Gasteiger partial charge >= 0.3 is 0 Å². The first-order valence-corrected chi connectivity index (χ1v) is 8.74. The van der Waals surface area contributed by atoms with E-state index in [4.69, 9.17) is 5.73 Å². The number of hydrogen-bond acceptors (Lipinski definition) is 4. The van der Waals surface area contributed by atoms with E-state index in [0.717, 1.165) is 13.1 Å². The maximum atomic E-state index is 6.20. The molecule has 1 aromatic rings. The zero-order valence-electron chi connectivity index (χ0n) is 13.0. The van der Waals surface area contributed by atoms with Crippen LogP contribution in [0.15, 0.2) is 17.5 Å². The summed E-state index contributed by atoms with van der Waals surface area (Å²) in [5.41, 5.74) is 6.39. The summed E-state index contributed by atoms with van der Waals surface area (Å²) in [7, 11) is 2.25. The highest BCUT2D eigenvalue weighted by Crippen LogP contribution is 2.29. The molecule has 1 atom stereocenters. The Morgan fingerprint density at radius 1 is 1.40 bits per heavy atom. The van der Waals surface area contributed by atoms with E-state index in [1.54, 1.807) is 0 Å². The SMILES string of the molecule is CCCN1CCCC(CN)(N(C)Cc2cccs2)CC1. The fourth-order valence-corrected chi connectivity index (χ4v) is 4.08. The van der Waals surface area contributed by atoms with Gasteiger partial charge in [-0.2, -0.15) is 0 Å². The molecule has 4 heteroatoms. The fourth-order valence-electron chi connectivity index (χ4n) is 3.32. The van der Waals surface area contributed by atoms with Gasteiger partial charge in [-0.05, 0) is 63.8 Å². The second kappa shape index (κ2) is 7.55. The molecule has 2 heterocycles. The van der Waals surface area contributed by atoms with Crippen molar-refractivity contribution < 1.29 is 0 Å². The van der Waals surface area contributed by atoms with Crippen LogP contribution in [0.4, 0.5) is 0 Å². The van der Waals surface area contributed by atoms with Gasteiger partial charge in [-0.15, -0.1) is 11.3 Å². The third-order valence-corrected chi connectivity index (χ3v) is 5.57. The van der Waals surface area contributed by atoms with Crippen molar-refractivity contribution in [3.05, 3.63) is 22.4 Å². The molecule has 0 radical (unpaired) electrons. The summed E-state index contributed by atoms with van der Waals surface area (Å²) in [5, 5.41) is 2.16. The molecule has 0 amide bonds. The van der Waals surface area contributed by atoms with Crippen molar-refractivity contribution in [1.82, 2.24) is 9.80 Å². The van der Waals surface area contributed by atoms with Crippen molar-refractivity contribution in [2.75, 3.05) is 33.2 Å². The summed E-state index contributed by atoms with van der Waals surface area (Å²) in [5.74, 6) is 0. The molecule has 1 aliphatic heterocycles. The number of thiophene rings is 1. The van der Waals surface area contributed by atoms with Crippen molar-refractivity contribution in [2.24, 2.45) is 5.73 Å². The molecule has 1 unspecified atom stereocenters.